The van der Waals surface area contributed by atoms with E-state index in [2.05, 4.69) is 41.1 Å². The summed E-state index contributed by atoms with van der Waals surface area (Å²) >= 11 is 0. The molecule has 4 rings (SSSR count). The highest BCUT2D eigenvalue weighted by Gasteiger charge is 2.49. The number of aryl methyl sites for hydroxylation is 1. The van der Waals surface area contributed by atoms with Crippen LogP contribution in [0.3, 0.4) is 0 Å². The fourth-order valence-corrected chi connectivity index (χ4v) is 3.68. The first-order valence-electron chi connectivity index (χ1n) is 7.82. The summed E-state index contributed by atoms with van der Waals surface area (Å²) in [6, 6.07) is 14.2. The van der Waals surface area contributed by atoms with Gasteiger partial charge in [-0.05, 0) is 37.5 Å². The van der Waals surface area contributed by atoms with Gasteiger partial charge in [-0.25, -0.2) is 4.98 Å². The number of benzene rings is 1. The first-order valence-corrected chi connectivity index (χ1v) is 7.82. The van der Waals surface area contributed by atoms with Crippen molar-refractivity contribution in [2.45, 2.75) is 32.0 Å². The molecule has 2 fully saturated rings. The molecule has 1 amide bonds. The third kappa shape index (κ3) is 2.03. The fourth-order valence-electron chi connectivity index (χ4n) is 3.68. The number of carbonyl (C=O) groups excluding carboxylic acids is 1. The van der Waals surface area contributed by atoms with Gasteiger partial charge in [-0.15, -0.1) is 0 Å². The van der Waals surface area contributed by atoms with Crippen LogP contribution in [0.4, 0.5) is 5.82 Å². The largest absolute Gasteiger partial charge is 0.275 e. The minimum Gasteiger partial charge on any atom is -0.275 e. The molecule has 1 aromatic heterocycles. The predicted molar refractivity (Wildman–Crippen MR) is 85.4 cm³/mol. The molecule has 0 bridgehead atoms. The van der Waals surface area contributed by atoms with Crippen LogP contribution in [0.2, 0.25) is 0 Å². The second kappa shape index (κ2) is 5.21. The van der Waals surface area contributed by atoms with Crippen molar-refractivity contribution in [1.82, 2.24) is 9.88 Å². The average Bonchev–Trinajstić information content (AvgIpc) is 3.10. The summed E-state index contributed by atoms with van der Waals surface area (Å²) in [5, 5.41) is 0. The molecule has 0 radical (unpaired) electrons. The van der Waals surface area contributed by atoms with Gasteiger partial charge < -0.3 is 0 Å². The van der Waals surface area contributed by atoms with E-state index in [1.54, 1.807) is 6.20 Å². The highest BCUT2D eigenvalue weighted by Crippen LogP contribution is 2.41. The SMILES string of the molecule is Cc1cccc(C2N(c3ccccn3)C(=O)C3CCCN32)c1. The first-order chi connectivity index (χ1) is 10.8. The normalized spacial score (nSPS) is 24.8. The van der Waals surface area contributed by atoms with Gasteiger partial charge in [0, 0.05) is 12.7 Å². The lowest BCUT2D eigenvalue weighted by Crippen LogP contribution is -2.32. The molecule has 2 saturated heterocycles. The number of hydrogen-bond donors (Lipinski definition) is 0. The molecule has 22 heavy (non-hydrogen) atoms. The molecule has 112 valence electrons. The zero-order valence-electron chi connectivity index (χ0n) is 12.6. The second-order valence-corrected chi connectivity index (χ2v) is 6.08. The van der Waals surface area contributed by atoms with Gasteiger partial charge in [0.25, 0.3) is 0 Å². The maximum absolute atomic E-state index is 12.9. The molecule has 1 aromatic carbocycles. The van der Waals surface area contributed by atoms with Crippen LogP contribution in [-0.4, -0.2) is 28.4 Å². The monoisotopic (exact) mass is 293 g/mol. The van der Waals surface area contributed by atoms with Crippen molar-refractivity contribution in [2.75, 3.05) is 11.4 Å². The quantitative estimate of drug-likeness (QED) is 0.854. The number of rotatable bonds is 2. The summed E-state index contributed by atoms with van der Waals surface area (Å²) in [4.78, 5) is 21.5. The van der Waals surface area contributed by atoms with Gasteiger partial charge in [0.05, 0.1) is 6.04 Å². The molecule has 2 atom stereocenters. The summed E-state index contributed by atoms with van der Waals surface area (Å²) in [6.07, 6.45) is 3.76. The topological polar surface area (TPSA) is 36.4 Å². The number of pyridine rings is 1. The Hall–Kier alpha value is -2.20. The van der Waals surface area contributed by atoms with Crippen molar-refractivity contribution in [2.24, 2.45) is 0 Å². The Kier molecular flexibility index (Phi) is 3.19. The van der Waals surface area contributed by atoms with E-state index < -0.39 is 0 Å². The minimum absolute atomic E-state index is 0.00696. The Balaban J connectivity index is 1.82. The lowest BCUT2D eigenvalue weighted by Gasteiger charge is -2.29. The number of anilines is 1. The van der Waals surface area contributed by atoms with Crippen molar-refractivity contribution in [3.05, 3.63) is 59.8 Å². The van der Waals surface area contributed by atoms with Crippen LogP contribution in [0.5, 0.6) is 0 Å². The Morgan fingerprint density at radius 1 is 1.18 bits per heavy atom. The van der Waals surface area contributed by atoms with Crippen LogP contribution in [0.25, 0.3) is 0 Å². The molecule has 0 saturated carbocycles. The number of fused-ring (bicyclic) bond motifs is 1. The van der Waals surface area contributed by atoms with Crippen LogP contribution in [0.15, 0.2) is 48.7 Å². The van der Waals surface area contributed by atoms with Crippen molar-refractivity contribution >= 4 is 11.7 Å². The summed E-state index contributed by atoms with van der Waals surface area (Å²) < 4.78 is 0. The smallest absolute Gasteiger partial charge is 0.247 e. The molecule has 2 unspecified atom stereocenters. The van der Waals surface area contributed by atoms with Gasteiger partial charge in [0.15, 0.2) is 0 Å². The highest BCUT2D eigenvalue weighted by atomic mass is 16.2. The zero-order chi connectivity index (χ0) is 15.1. The number of nitrogens with zero attached hydrogens (tertiary/aromatic N) is 3. The van der Waals surface area contributed by atoms with E-state index in [0.29, 0.717) is 0 Å². The van der Waals surface area contributed by atoms with Gasteiger partial charge in [-0.3, -0.25) is 14.6 Å². The van der Waals surface area contributed by atoms with Gasteiger partial charge in [0.2, 0.25) is 5.91 Å². The molecule has 2 aliphatic heterocycles. The van der Waals surface area contributed by atoms with Gasteiger partial charge in [-0.2, -0.15) is 0 Å². The Morgan fingerprint density at radius 2 is 2.09 bits per heavy atom. The number of hydrogen-bond acceptors (Lipinski definition) is 3. The van der Waals surface area contributed by atoms with E-state index in [-0.39, 0.29) is 18.1 Å². The zero-order valence-corrected chi connectivity index (χ0v) is 12.6. The third-order valence-electron chi connectivity index (χ3n) is 4.61. The molecule has 4 nitrogen and oxygen atoms in total. The fraction of sp³-hybridized carbons (Fsp3) is 0.333. The summed E-state index contributed by atoms with van der Waals surface area (Å²) in [7, 11) is 0. The Bertz CT molecular complexity index is 700. The minimum atomic E-state index is -0.0326. The van der Waals surface area contributed by atoms with Gasteiger partial charge >= 0.3 is 0 Å². The Labute approximate surface area is 130 Å². The molecule has 2 aromatic rings. The molecule has 3 heterocycles. The van der Waals surface area contributed by atoms with Crippen molar-refractivity contribution in [3.63, 3.8) is 0 Å². The van der Waals surface area contributed by atoms with Gasteiger partial charge in [-0.1, -0.05) is 35.9 Å². The molecule has 0 aliphatic carbocycles. The summed E-state index contributed by atoms with van der Waals surface area (Å²) in [6.45, 7) is 3.06. The van der Waals surface area contributed by atoms with E-state index in [0.717, 1.165) is 25.2 Å². The number of amides is 1. The van der Waals surface area contributed by atoms with E-state index in [1.807, 2.05) is 23.1 Å². The lowest BCUT2D eigenvalue weighted by atomic mass is 10.1. The van der Waals surface area contributed by atoms with Crippen molar-refractivity contribution in [1.29, 1.82) is 0 Å². The van der Waals surface area contributed by atoms with Crippen molar-refractivity contribution in [3.8, 4) is 0 Å². The van der Waals surface area contributed by atoms with E-state index in [4.69, 9.17) is 0 Å². The third-order valence-corrected chi connectivity index (χ3v) is 4.61. The van der Waals surface area contributed by atoms with Crippen LogP contribution in [0, 0.1) is 6.92 Å². The van der Waals surface area contributed by atoms with Gasteiger partial charge in [0.1, 0.15) is 12.0 Å². The molecule has 2 aliphatic rings. The molecule has 4 heteroatoms. The highest BCUT2D eigenvalue weighted by molar-refractivity contribution is 5.99. The summed E-state index contributed by atoms with van der Waals surface area (Å²) in [5.74, 6) is 0.927. The Morgan fingerprint density at radius 3 is 2.86 bits per heavy atom. The lowest BCUT2D eigenvalue weighted by molar-refractivity contribution is -0.119. The second-order valence-electron chi connectivity index (χ2n) is 6.08. The standard InChI is InChI=1S/C18H19N3O/c1-13-6-4-7-14(12-13)17-20-11-5-8-15(20)18(22)21(17)16-9-2-3-10-19-16/h2-4,6-7,9-10,12,15,17H,5,8,11H2,1H3. The van der Waals surface area contributed by atoms with Crippen LogP contribution < -0.4 is 4.90 Å². The summed E-state index contributed by atoms with van der Waals surface area (Å²) in [5.41, 5.74) is 2.39. The van der Waals surface area contributed by atoms with Crippen LogP contribution in [0.1, 0.15) is 30.1 Å². The molecule has 0 N–H and O–H groups in total. The molecule has 0 spiro atoms. The first kappa shape index (κ1) is 13.5. The van der Waals surface area contributed by atoms with E-state index >= 15 is 0 Å². The van der Waals surface area contributed by atoms with Crippen LogP contribution in [-0.2, 0) is 4.79 Å². The number of carbonyl (C=O) groups is 1. The van der Waals surface area contributed by atoms with E-state index in [9.17, 15) is 4.79 Å². The average molecular weight is 293 g/mol. The van der Waals surface area contributed by atoms with Crippen molar-refractivity contribution < 1.29 is 4.79 Å². The van der Waals surface area contributed by atoms with E-state index in [1.165, 1.54) is 11.1 Å². The molecular weight excluding hydrogens is 274 g/mol. The van der Waals surface area contributed by atoms with Crippen LogP contribution >= 0.6 is 0 Å². The number of aromatic nitrogens is 1. The maximum Gasteiger partial charge on any atom is 0.247 e. The maximum atomic E-state index is 12.9. The molecular formula is C18H19N3O. The predicted octanol–water partition coefficient (Wildman–Crippen LogP) is 2.90.